The van der Waals surface area contributed by atoms with Crippen LogP contribution in [0.4, 0.5) is 0 Å². The fraction of sp³-hybridized carbons (Fsp3) is 0.300. The van der Waals surface area contributed by atoms with Crippen molar-refractivity contribution in [1.82, 2.24) is 5.32 Å². The highest BCUT2D eigenvalue weighted by molar-refractivity contribution is 5.87. The number of phenols is 1. The summed E-state index contributed by atoms with van der Waals surface area (Å²) in [5.74, 6) is -0.528. The van der Waals surface area contributed by atoms with Gasteiger partial charge in [0.25, 0.3) is 0 Å². The number of carbonyl (C=O) groups excluding carboxylic acids is 1. The Balaban J connectivity index is 1.60. The van der Waals surface area contributed by atoms with Gasteiger partial charge in [-0.25, -0.2) is 4.79 Å². The van der Waals surface area contributed by atoms with Crippen LogP contribution >= 0.6 is 0 Å². The molecule has 0 spiro atoms. The zero-order valence-corrected chi connectivity index (χ0v) is 14.4. The van der Waals surface area contributed by atoms with Crippen molar-refractivity contribution in [2.75, 3.05) is 7.11 Å². The smallest absolute Gasteiger partial charge is 0.326 e. The molecule has 3 rings (SSSR count). The summed E-state index contributed by atoms with van der Waals surface area (Å²) in [5, 5.41) is 21.3. The third-order valence-electron chi connectivity index (χ3n) is 4.66. The average molecular weight is 355 g/mol. The molecular weight excluding hydrogens is 334 g/mol. The number of aromatic hydroxyl groups is 1. The Bertz CT molecular complexity index is 785. The molecule has 0 bridgehead atoms. The number of ether oxygens (including phenoxy) is 1. The molecule has 0 radical (unpaired) electrons. The lowest BCUT2D eigenvalue weighted by molar-refractivity contribution is -0.142. The summed E-state index contributed by atoms with van der Waals surface area (Å²) in [6.45, 7) is 0. The number of carbonyl (C=O) groups is 2. The lowest BCUT2D eigenvalue weighted by Gasteiger charge is -2.15. The fourth-order valence-electron chi connectivity index (χ4n) is 3.05. The Morgan fingerprint density at radius 2 is 1.81 bits per heavy atom. The number of phenolic OH excluding ortho intramolecular Hbond substituents is 1. The topological polar surface area (TPSA) is 95.9 Å². The SMILES string of the molecule is COc1ccc(C2CC2C(=O)NC(Cc2ccc(O)cc2)C(=O)O)cc1. The van der Waals surface area contributed by atoms with E-state index in [1.807, 2.05) is 24.3 Å². The second-order valence-electron chi connectivity index (χ2n) is 6.49. The number of nitrogens with one attached hydrogen (secondary N) is 1. The van der Waals surface area contributed by atoms with Gasteiger partial charge in [-0.1, -0.05) is 24.3 Å². The minimum Gasteiger partial charge on any atom is -0.508 e. The van der Waals surface area contributed by atoms with Gasteiger partial charge in [0.15, 0.2) is 0 Å². The van der Waals surface area contributed by atoms with Crippen molar-refractivity contribution in [3.63, 3.8) is 0 Å². The minimum atomic E-state index is -1.08. The second-order valence-corrected chi connectivity index (χ2v) is 6.49. The lowest BCUT2D eigenvalue weighted by atomic mass is 10.0. The number of hydrogen-bond acceptors (Lipinski definition) is 4. The Labute approximate surface area is 151 Å². The van der Waals surface area contributed by atoms with Gasteiger partial charge in [-0.2, -0.15) is 0 Å². The Kier molecular flexibility index (Phi) is 5.11. The van der Waals surface area contributed by atoms with E-state index in [1.165, 1.54) is 12.1 Å². The third kappa shape index (κ3) is 4.14. The highest BCUT2D eigenvalue weighted by Gasteiger charge is 2.44. The first kappa shape index (κ1) is 17.8. The quantitative estimate of drug-likeness (QED) is 0.708. The van der Waals surface area contributed by atoms with Crippen molar-refractivity contribution in [2.24, 2.45) is 5.92 Å². The predicted octanol–water partition coefficient (Wildman–Crippen LogP) is 2.32. The van der Waals surface area contributed by atoms with E-state index in [4.69, 9.17) is 4.74 Å². The van der Waals surface area contributed by atoms with Crippen LogP contribution in [0.3, 0.4) is 0 Å². The number of aliphatic carboxylic acids is 1. The molecule has 2 aromatic carbocycles. The molecule has 3 atom stereocenters. The predicted molar refractivity (Wildman–Crippen MR) is 95.2 cm³/mol. The number of carboxylic acids is 1. The maximum Gasteiger partial charge on any atom is 0.326 e. The minimum absolute atomic E-state index is 0.115. The van der Waals surface area contributed by atoms with Crippen LogP contribution in [0.1, 0.15) is 23.5 Å². The molecule has 1 amide bonds. The number of amides is 1. The maximum absolute atomic E-state index is 12.4. The van der Waals surface area contributed by atoms with Gasteiger partial charge in [0.05, 0.1) is 7.11 Å². The molecule has 3 N–H and O–H groups in total. The molecule has 0 aromatic heterocycles. The van der Waals surface area contributed by atoms with Gasteiger partial charge in [0.1, 0.15) is 17.5 Å². The van der Waals surface area contributed by atoms with Gasteiger partial charge in [-0.15, -0.1) is 0 Å². The van der Waals surface area contributed by atoms with Crippen molar-refractivity contribution < 1.29 is 24.5 Å². The van der Waals surface area contributed by atoms with Gasteiger partial charge < -0.3 is 20.3 Å². The van der Waals surface area contributed by atoms with Crippen LogP contribution in [-0.4, -0.2) is 35.2 Å². The largest absolute Gasteiger partial charge is 0.508 e. The number of rotatable bonds is 7. The van der Waals surface area contributed by atoms with Gasteiger partial charge in [-0.3, -0.25) is 4.79 Å². The van der Waals surface area contributed by atoms with Crippen molar-refractivity contribution >= 4 is 11.9 Å². The summed E-state index contributed by atoms with van der Waals surface area (Å²) in [6, 6.07) is 12.9. The molecule has 1 saturated carbocycles. The van der Waals surface area contributed by atoms with Crippen LogP contribution in [0, 0.1) is 5.92 Å². The summed E-state index contributed by atoms with van der Waals surface area (Å²) in [6.07, 6.45) is 0.880. The van der Waals surface area contributed by atoms with Gasteiger partial charge in [0.2, 0.25) is 5.91 Å². The summed E-state index contributed by atoms with van der Waals surface area (Å²) in [5.41, 5.74) is 1.79. The Morgan fingerprint density at radius 3 is 2.38 bits per heavy atom. The van der Waals surface area contributed by atoms with E-state index in [0.29, 0.717) is 6.42 Å². The highest BCUT2D eigenvalue weighted by atomic mass is 16.5. The summed E-state index contributed by atoms with van der Waals surface area (Å²) in [4.78, 5) is 23.9. The van der Waals surface area contributed by atoms with Crippen molar-refractivity contribution in [1.29, 1.82) is 0 Å². The molecule has 1 aliphatic rings. The second kappa shape index (κ2) is 7.47. The normalized spacial score (nSPS) is 19.4. The standard InChI is InChI=1S/C20H21NO5/c1-26-15-8-4-13(5-9-15)16-11-17(16)19(23)21-18(20(24)25)10-12-2-6-14(22)7-3-12/h2-9,16-18,22H,10-11H2,1H3,(H,21,23)(H,24,25). The van der Waals surface area contributed by atoms with E-state index in [0.717, 1.165) is 16.9 Å². The number of benzene rings is 2. The van der Waals surface area contributed by atoms with Crippen LogP contribution in [0.5, 0.6) is 11.5 Å². The summed E-state index contributed by atoms with van der Waals surface area (Å²) in [7, 11) is 1.60. The molecule has 3 unspecified atom stereocenters. The Morgan fingerprint density at radius 1 is 1.15 bits per heavy atom. The molecule has 0 saturated heterocycles. The molecule has 1 fully saturated rings. The van der Waals surface area contributed by atoms with E-state index in [-0.39, 0.29) is 29.9 Å². The fourth-order valence-corrected chi connectivity index (χ4v) is 3.05. The van der Waals surface area contributed by atoms with Gasteiger partial charge in [-0.05, 0) is 47.7 Å². The third-order valence-corrected chi connectivity index (χ3v) is 4.66. The monoisotopic (exact) mass is 355 g/mol. The lowest BCUT2D eigenvalue weighted by Crippen LogP contribution is -2.43. The molecule has 0 heterocycles. The molecule has 26 heavy (non-hydrogen) atoms. The van der Waals surface area contributed by atoms with Crippen LogP contribution in [0.15, 0.2) is 48.5 Å². The van der Waals surface area contributed by atoms with E-state index < -0.39 is 12.0 Å². The van der Waals surface area contributed by atoms with E-state index in [2.05, 4.69) is 5.32 Å². The molecule has 6 heteroatoms. The summed E-state index contributed by atoms with van der Waals surface area (Å²) < 4.78 is 5.13. The first-order chi connectivity index (χ1) is 12.5. The maximum atomic E-state index is 12.4. The highest BCUT2D eigenvalue weighted by Crippen LogP contribution is 2.47. The van der Waals surface area contributed by atoms with Crippen molar-refractivity contribution in [2.45, 2.75) is 24.8 Å². The molecule has 1 aliphatic carbocycles. The van der Waals surface area contributed by atoms with Gasteiger partial charge in [0, 0.05) is 12.3 Å². The van der Waals surface area contributed by atoms with E-state index in [1.54, 1.807) is 19.2 Å². The van der Waals surface area contributed by atoms with Crippen LogP contribution in [0.25, 0.3) is 0 Å². The first-order valence-electron chi connectivity index (χ1n) is 8.43. The number of methoxy groups -OCH3 is 1. The molecule has 136 valence electrons. The average Bonchev–Trinajstić information content (AvgIpc) is 3.44. The van der Waals surface area contributed by atoms with Crippen LogP contribution < -0.4 is 10.1 Å². The number of hydrogen-bond donors (Lipinski definition) is 3. The zero-order chi connectivity index (χ0) is 18.7. The van der Waals surface area contributed by atoms with Crippen molar-refractivity contribution in [3.05, 3.63) is 59.7 Å². The van der Waals surface area contributed by atoms with Gasteiger partial charge >= 0.3 is 5.97 Å². The summed E-state index contributed by atoms with van der Waals surface area (Å²) >= 11 is 0. The van der Waals surface area contributed by atoms with Crippen LogP contribution in [-0.2, 0) is 16.0 Å². The Hall–Kier alpha value is -3.02. The molecular formula is C20H21NO5. The molecule has 6 nitrogen and oxygen atoms in total. The first-order valence-corrected chi connectivity index (χ1v) is 8.43. The zero-order valence-electron chi connectivity index (χ0n) is 14.4. The molecule has 0 aliphatic heterocycles. The molecule has 2 aromatic rings. The van der Waals surface area contributed by atoms with E-state index >= 15 is 0 Å². The van der Waals surface area contributed by atoms with E-state index in [9.17, 15) is 19.8 Å². The number of carboxylic acid groups (broad SMARTS) is 1. The van der Waals surface area contributed by atoms with Crippen LogP contribution in [0.2, 0.25) is 0 Å². The van der Waals surface area contributed by atoms with Crippen molar-refractivity contribution in [3.8, 4) is 11.5 Å².